The minimum Gasteiger partial charge on any atom is -0.444 e. The van der Waals surface area contributed by atoms with Crippen LogP contribution in [-0.2, 0) is 25.5 Å². The Hall–Kier alpha value is -1.02. The third-order valence-electron chi connectivity index (χ3n) is 2.69. The van der Waals surface area contributed by atoms with Gasteiger partial charge in [-0.05, 0) is 44.9 Å². The van der Waals surface area contributed by atoms with Crippen LogP contribution in [0.1, 0.15) is 26.3 Å². The number of hydrogen-bond donors (Lipinski definition) is 1. The minimum absolute atomic E-state index is 0.239. The number of ether oxygens (including phenoxy) is 1. The van der Waals surface area contributed by atoms with Crippen molar-refractivity contribution in [3.8, 4) is 0 Å². The van der Waals surface area contributed by atoms with Gasteiger partial charge in [0.2, 0.25) is 0 Å². The van der Waals surface area contributed by atoms with E-state index in [1.54, 1.807) is 39.0 Å². The van der Waals surface area contributed by atoms with Crippen molar-refractivity contribution >= 4 is 39.4 Å². The largest absolute Gasteiger partial charge is 0.444 e. The molecule has 0 aliphatic heterocycles. The fourth-order valence-corrected chi connectivity index (χ4v) is 2.68. The van der Waals surface area contributed by atoms with Crippen LogP contribution in [0.5, 0.6) is 0 Å². The Morgan fingerprint density at radius 1 is 1.29 bits per heavy atom. The Balaban J connectivity index is 2.86. The molecule has 0 aliphatic carbocycles. The second kappa shape index (κ2) is 8.38. The molecule has 0 heterocycles. The number of benzene rings is 1. The van der Waals surface area contributed by atoms with Gasteiger partial charge in [0.15, 0.2) is 0 Å². The molecule has 9 heteroatoms. The van der Waals surface area contributed by atoms with Crippen molar-refractivity contribution in [2.45, 2.75) is 38.8 Å². The van der Waals surface area contributed by atoms with E-state index in [1.807, 2.05) is 0 Å². The summed E-state index contributed by atoms with van der Waals surface area (Å²) >= 11 is 12.0. The Labute approximate surface area is 152 Å². The number of carbonyl (C=O) groups excluding carboxylic acids is 1. The first-order valence-corrected chi connectivity index (χ1v) is 9.71. The zero-order valence-corrected chi connectivity index (χ0v) is 16.3. The molecule has 0 radical (unpaired) electrons. The maximum absolute atomic E-state index is 11.9. The maximum Gasteiger partial charge on any atom is 0.407 e. The summed E-state index contributed by atoms with van der Waals surface area (Å²) in [6.45, 7) is 4.94. The molecule has 0 spiro atoms. The normalized spacial score (nSPS) is 13.4. The smallest absolute Gasteiger partial charge is 0.407 e. The first kappa shape index (κ1) is 21.0. The lowest BCUT2D eigenvalue weighted by atomic mass is 10.1. The third kappa shape index (κ3) is 8.73. The molecule has 1 aromatic carbocycles. The fourth-order valence-electron chi connectivity index (χ4n) is 1.78. The highest BCUT2D eigenvalue weighted by atomic mass is 35.5. The molecule has 1 rings (SSSR count). The molecule has 0 fully saturated rings. The number of carbonyl (C=O) groups is 1. The molecule has 1 aromatic rings. The van der Waals surface area contributed by atoms with Gasteiger partial charge in [-0.2, -0.15) is 8.42 Å². The van der Waals surface area contributed by atoms with E-state index in [2.05, 4.69) is 5.32 Å². The van der Waals surface area contributed by atoms with Crippen molar-refractivity contribution in [2.24, 2.45) is 0 Å². The van der Waals surface area contributed by atoms with Crippen LogP contribution in [-0.4, -0.2) is 39.0 Å². The fraction of sp³-hybridized carbons (Fsp3) is 0.533. The second-order valence-electron chi connectivity index (χ2n) is 6.27. The average Bonchev–Trinajstić information content (AvgIpc) is 2.36. The topological polar surface area (TPSA) is 81.7 Å². The standard InChI is InChI=1S/C15H21Cl2NO5S/c1-15(2,3)23-14(19)18-12(9-22-24(4,20)21)7-10-5-6-11(16)8-13(10)17/h5-6,8,12H,7,9H2,1-4H3,(H,18,19)/t12-/m0/s1. The molecule has 136 valence electrons. The molecule has 6 nitrogen and oxygen atoms in total. The molecule has 1 amide bonds. The molecule has 0 aliphatic rings. The predicted molar refractivity (Wildman–Crippen MR) is 94.1 cm³/mol. The lowest BCUT2D eigenvalue weighted by molar-refractivity contribution is 0.0488. The van der Waals surface area contributed by atoms with Gasteiger partial charge in [-0.25, -0.2) is 4.79 Å². The van der Waals surface area contributed by atoms with Crippen LogP contribution >= 0.6 is 23.2 Å². The van der Waals surface area contributed by atoms with Crippen molar-refractivity contribution in [3.63, 3.8) is 0 Å². The second-order valence-corrected chi connectivity index (χ2v) is 8.76. The van der Waals surface area contributed by atoms with Crippen molar-refractivity contribution in [3.05, 3.63) is 33.8 Å². The lowest BCUT2D eigenvalue weighted by Crippen LogP contribution is -2.43. The summed E-state index contributed by atoms with van der Waals surface area (Å²) in [6.07, 6.45) is 0.520. The van der Waals surface area contributed by atoms with Gasteiger partial charge in [-0.3, -0.25) is 4.18 Å². The first-order valence-electron chi connectivity index (χ1n) is 7.13. The van der Waals surface area contributed by atoms with Crippen molar-refractivity contribution in [1.82, 2.24) is 5.32 Å². The Kier molecular flexibility index (Phi) is 7.34. The molecule has 0 aromatic heterocycles. The molecular weight excluding hydrogens is 377 g/mol. The highest BCUT2D eigenvalue weighted by molar-refractivity contribution is 7.85. The highest BCUT2D eigenvalue weighted by Crippen LogP contribution is 2.22. The van der Waals surface area contributed by atoms with Crippen molar-refractivity contribution in [2.75, 3.05) is 12.9 Å². The molecule has 1 atom stereocenters. The van der Waals surface area contributed by atoms with E-state index in [0.717, 1.165) is 6.26 Å². The summed E-state index contributed by atoms with van der Waals surface area (Å²) in [4.78, 5) is 11.9. The Bertz CT molecular complexity index is 686. The van der Waals surface area contributed by atoms with Crippen LogP contribution in [0.2, 0.25) is 10.0 Å². The van der Waals surface area contributed by atoms with Crippen LogP contribution in [0.25, 0.3) is 0 Å². The van der Waals surface area contributed by atoms with Gasteiger partial charge in [-0.1, -0.05) is 29.3 Å². The first-order chi connectivity index (χ1) is 10.9. The van der Waals surface area contributed by atoms with Crippen LogP contribution in [0.3, 0.4) is 0 Å². The van der Waals surface area contributed by atoms with Gasteiger partial charge < -0.3 is 10.1 Å². The molecule has 0 unspecified atom stereocenters. The van der Waals surface area contributed by atoms with Crippen LogP contribution < -0.4 is 5.32 Å². The van der Waals surface area contributed by atoms with Gasteiger partial charge in [0.1, 0.15) is 5.60 Å². The van der Waals surface area contributed by atoms with Crippen molar-refractivity contribution in [1.29, 1.82) is 0 Å². The zero-order chi connectivity index (χ0) is 18.5. The van der Waals surface area contributed by atoms with Gasteiger partial charge in [0.05, 0.1) is 18.9 Å². The Morgan fingerprint density at radius 2 is 1.92 bits per heavy atom. The predicted octanol–water partition coefficient (Wildman–Crippen LogP) is 3.41. The average molecular weight is 398 g/mol. The number of halogens is 2. The van der Waals surface area contributed by atoms with E-state index in [1.165, 1.54) is 0 Å². The molecule has 1 N–H and O–H groups in total. The van der Waals surface area contributed by atoms with Gasteiger partial charge in [0.25, 0.3) is 10.1 Å². The van der Waals surface area contributed by atoms with E-state index >= 15 is 0 Å². The van der Waals surface area contributed by atoms with Crippen LogP contribution in [0.15, 0.2) is 18.2 Å². The summed E-state index contributed by atoms with van der Waals surface area (Å²) < 4.78 is 32.4. The van der Waals surface area contributed by atoms with E-state index in [0.29, 0.717) is 15.6 Å². The summed E-state index contributed by atoms with van der Waals surface area (Å²) in [7, 11) is -3.65. The number of alkyl carbamates (subject to hydrolysis) is 1. The summed E-state index contributed by atoms with van der Waals surface area (Å²) in [5.74, 6) is 0. The molecule has 0 saturated carbocycles. The molecular formula is C15H21Cl2NO5S. The van der Waals surface area contributed by atoms with E-state index in [-0.39, 0.29) is 13.0 Å². The van der Waals surface area contributed by atoms with Gasteiger partial charge >= 0.3 is 6.09 Å². The molecule has 0 bridgehead atoms. The lowest BCUT2D eigenvalue weighted by Gasteiger charge is -2.23. The van der Waals surface area contributed by atoms with Crippen molar-refractivity contribution < 1.29 is 22.1 Å². The van der Waals surface area contributed by atoms with Crippen LogP contribution in [0, 0.1) is 0 Å². The maximum atomic E-state index is 11.9. The van der Waals surface area contributed by atoms with E-state index < -0.39 is 27.9 Å². The van der Waals surface area contributed by atoms with E-state index in [9.17, 15) is 13.2 Å². The SMILES string of the molecule is CC(C)(C)OC(=O)N[C@H](COS(C)(=O)=O)Cc1ccc(Cl)cc1Cl. The molecule has 0 saturated heterocycles. The van der Waals surface area contributed by atoms with Gasteiger partial charge in [0, 0.05) is 10.0 Å². The summed E-state index contributed by atoms with van der Waals surface area (Å²) in [5.41, 5.74) is 0.0174. The van der Waals surface area contributed by atoms with E-state index in [4.69, 9.17) is 32.1 Å². The number of amides is 1. The monoisotopic (exact) mass is 397 g/mol. The Morgan fingerprint density at radius 3 is 2.42 bits per heavy atom. The number of nitrogens with one attached hydrogen (secondary N) is 1. The number of rotatable bonds is 6. The molecule has 24 heavy (non-hydrogen) atoms. The third-order valence-corrected chi connectivity index (χ3v) is 3.84. The quantitative estimate of drug-likeness (QED) is 0.743. The van der Waals surface area contributed by atoms with Gasteiger partial charge in [-0.15, -0.1) is 0 Å². The van der Waals surface area contributed by atoms with Crippen LogP contribution in [0.4, 0.5) is 4.79 Å². The summed E-state index contributed by atoms with van der Waals surface area (Å²) in [6, 6.07) is 4.29. The minimum atomic E-state index is -3.65. The highest BCUT2D eigenvalue weighted by Gasteiger charge is 2.22. The number of hydrogen-bond acceptors (Lipinski definition) is 5. The summed E-state index contributed by atoms with van der Waals surface area (Å²) in [5, 5.41) is 3.49. The zero-order valence-electron chi connectivity index (χ0n) is 13.9.